The van der Waals surface area contributed by atoms with E-state index in [1.807, 2.05) is 22.9 Å². The van der Waals surface area contributed by atoms with Gasteiger partial charge in [-0.3, -0.25) is 39.3 Å². The summed E-state index contributed by atoms with van der Waals surface area (Å²) in [6.07, 6.45) is 9.07. The topological polar surface area (TPSA) is 163 Å². The lowest BCUT2D eigenvalue weighted by Crippen LogP contribution is -2.54. The number of oxime groups is 1. The van der Waals surface area contributed by atoms with Gasteiger partial charge in [-0.05, 0) is 98.3 Å². The SMILES string of the molecule is O=C1CCC(N2C(=O)c3cccc(OCCCCN4CCN(c5ccc(-n6cc(-c7ccc8c(c7)CCC8=NO)c(-c7ccncc7)n6)cc5)CC4)c3C2=O)C(=O)N1. The lowest BCUT2D eigenvalue weighted by molar-refractivity contribution is -0.136. The summed E-state index contributed by atoms with van der Waals surface area (Å²) in [7, 11) is 0. The van der Waals surface area contributed by atoms with Gasteiger partial charge in [-0.15, -0.1) is 0 Å². The van der Waals surface area contributed by atoms with Crippen molar-refractivity contribution < 1.29 is 29.1 Å². The number of ether oxygens (including phenoxy) is 1. The largest absolute Gasteiger partial charge is 0.493 e. The molecule has 2 saturated heterocycles. The Hall–Kier alpha value is -6.67. The summed E-state index contributed by atoms with van der Waals surface area (Å²) < 4.78 is 7.96. The molecule has 1 atom stereocenters. The highest BCUT2D eigenvalue weighted by atomic mass is 16.5. The summed E-state index contributed by atoms with van der Waals surface area (Å²) in [5.41, 5.74) is 9.35. The maximum Gasteiger partial charge on any atom is 0.266 e. The standard InChI is InChI=1S/C44H42N8O6/c53-39-15-14-37(42(54)46-39)52-43(55)34-4-3-5-38(40(34)44(52)56)58-25-2-1-20-49-21-23-50(24-22-49)31-8-10-32(11-9-31)51-27-35(41(47-51)28-16-18-45-19-17-28)30-6-12-33-29(26-30)7-13-36(33)48-57/h3-6,8-12,16-19,26-27,37,57H,1-2,7,13-15,20-25H2,(H,46,53,54). The number of fused-ring (bicyclic) bond motifs is 2. The first kappa shape index (κ1) is 36.9. The molecule has 4 aliphatic rings. The van der Waals surface area contributed by atoms with Gasteiger partial charge < -0.3 is 14.8 Å². The van der Waals surface area contributed by atoms with E-state index in [0.717, 1.165) is 108 Å². The van der Waals surface area contributed by atoms with Gasteiger partial charge in [-0.1, -0.05) is 29.4 Å². The van der Waals surface area contributed by atoms with E-state index in [0.29, 0.717) is 12.4 Å². The molecule has 1 aliphatic carbocycles. The van der Waals surface area contributed by atoms with E-state index in [-0.39, 0.29) is 24.0 Å². The number of imide groups is 2. The Morgan fingerprint density at radius 3 is 2.36 bits per heavy atom. The summed E-state index contributed by atoms with van der Waals surface area (Å²) in [6.45, 7) is 5.00. The number of pyridine rings is 1. The van der Waals surface area contributed by atoms with Gasteiger partial charge in [0, 0.05) is 73.6 Å². The van der Waals surface area contributed by atoms with Crippen LogP contribution >= 0.6 is 0 Å². The molecule has 0 saturated carbocycles. The van der Waals surface area contributed by atoms with Crippen LogP contribution in [0.5, 0.6) is 5.75 Å². The van der Waals surface area contributed by atoms with Crippen LogP contribution in [0.25, 0.3) is 28.1 Å². The van der Waals surface area contributed by atoms with Gasteiger partial charge in [0.1, 0.15) is 17.5 Å². The molecule has 2 fully saturated rings. The third-order valence-electron chi connectivity index (χ3n) is 11.6. The second kappa shape index (κ2) is 15.7. The maximum absolute atomic E-state index is 13.4. The van der Waals surface area contributed by atoms with E-state index in [1.165, 1.54) is 5.56 Å². The average Bonchev–Trinajstić information content (AvgIpc) is 3.96. The lowest BCUT2D eigenvalue weighted by atomic mass is 9.98. The lowest BCUT2D eigenvalue weighted by Gasteiger charge is -2.36. The zero-order valence-corrected chi connectivity index (χ0v) is 31.8. The van der Waals surface area contributed by atoms with Crippen molar-refractivity contribution in [2.45, 2.75) is 44.6 Å². The number of rotatable bonds is 11. The number of amides is 4. The second-order valence-corrected chi connectivity index (χ2v) is 15.0. The second-order valence-electron chi connectivity index (χ2n) is 15.0. The van der Waals surface area contributed by atoms with Crippen molar-refractivity contribution in [2.75, 3.05) is 44.2 Å². The molecule has 14 nitrogen and oxygen atoms in total. The van der Waals surface area contributed by atoms with Gasteiger partial charge in [-0.2, -0.15) is 5.10 Å². The Bertz CT molecular complexity index is 2440. The van der Waals surface area contributed by atoms with Gasteiger partial charge in [0.05, 0.1) is 29.1 Å². The Labute approximate surface area is 334 Å². The first-order valence-electron chi connectivity index (χ1n) is 19.8. The number of aryl methyl sites for hydroxylation is 1. The predicted molar refractivity (Wildman–Crippen MR) is 215 cm³/mol. The van der Waals surface area contributed by atoms with Gasteiger partial charge in [0.25, 0.3) is 11.8 Å². The smallest absolute Gasteiger partial charge is 0.266 e. The highest BCUT2D eigenvalue weighted by molar-refractivity contribution is 6.24. The minimum absolute atomic E-state index is 0.0712. The van der Waals surface area contributed by atoms with Crippen molar-refractivity contribution in [2.24, 2.45) is 5.16 Å². The molecule has 2 aromatic heterocycles. The van der Waals surface area contributed by atoms with Crippen LogP contribution in [0.1, 0.15) is 63.9 Å². The number of nitrogens with one attached hydrogen (secondary N) is 1. The molecule has 0 radical (unpaired) electrons. The normalized spacial score (nSPS) is 18.8. The number of hydrogen-bond acceptors (Lipinski definition) is 11. The van der Waals surface area contributed by atoms with E-state index in [1.54, 1.807) is 30.6 Å². The maximum atomic E-state index is 13.4. The molecule has 14 heteroatoms. The summed E-state index contributed by atoms with van der Waals surface area (Å²) >= 11 is 0. The molecule has 5 heterocycles. The van der Waals surface area contributed by atoms with Crippen LogP contribution in [-0.4, -0.2) is 104 Å². The van der Waals surface area contributed by atoms with Crippen LogP contribution in [0.2, 0.25) is 0 Å². The van der Waals surface area contributed by atoms with E-state index in [9.17, 15) is 24.4 Å². The molecule has 0 bridgehead atoms. The minimum atomic E-state index is -1.01. The number of anilines is 1. The molecule has 5 aromatic rings. The molecule has 294 valence electrons. The molecule has 4 amide bonds. The van der Waals surface area contributed by atoms with Crippen LogP contribution in [0.4, 0.5) is 5.69 Å². The number of carbonyl (C=O) groups is 4. The highest BCUT2D eigenvalue weighted by Gasteiger charge is 2.46. The van der Waals surface area contributed by atoms with Crippen molar-refractivity contribution in [3.05, 3.63) is 114 Å². The van der Waals surface area contributed by atoms with Gasteiger partial charge in [0.15, 0.2) is 0 Å². The zero-order valence-electron chi connectivity index (χ0n) is 31.8. The first-order valence-corrected chi connectivity index (χ1v) is 19.8. The number of nitrogens with zero attached hydrogens (tertiary/aromatic N) is 7. The van der Waals surface area contributed by atoms with Gasteiger partial charge >= 0.3 is 0 Å². The molecule has 1 unspecified atom stereocenters. The molecular weight excluding hydrogens is 737 g/mol. The average molecular weight is 779 g/mol. The van der Waals surface area contributed by atoms with Crippen molar-refractivity contribution >= 4 is 35.0 Å². The van der Waals surface area contributed by atoms with Crippen molar-refractivity contribution in [3.63, 3.8) is 0 Å². The Kier molecular flexibility index (Phi) is 10.00. The van der Waals surface area contributed by atoms with Crippen LogP contribution < -0.4 is 15.0 Å². The summed E-state index contributed by atoms with van der Waals surface area (Å²) in [5, 5.41) is 20.2. The van der Waals surface area contributed by atoms with Crippen molar-refractivity contribution in [1.29, 1.82) is 0 Å². The number of piperidine rings is 1. The number of benzene rings is 3. The number of carbonyl (C=O) groups excluding carboxylic acids is 4. The van der Waals surface area contributed by atoms with Crippen LogP contribution in [-0.2, 0) is 16.0 Å². The van der Waals surface area contributed by atoms with Gasteiger partial charge in [0.2, 0.25) is 11.8 Å². The predicted octanol–water partition coefficient (Wildman–Crippen LogP) is 5.11. The van der Waals surface area contributed by atoms with Crippen molar-refractivity contribution in [1.82, 2.24) is 29.9 Å². The fourth-order valence-corrected chi connectivity index (χ4v) is 8.45. The zero-order chi connectivity index (χ0) is 39.8. The molecular formula is C44H42N8O6. The molecule has 0 spiro atoms. The van der Waals surface area contributed by atoms with E-state index in [4.69, 9.17) is 9.84 Å². The van der Waals surface area contributed by atoms with E-state index < -0.39 is 29.7 Å². The first-order chi connectivity index (χ1) is 28.4. The Morgan fingerprint density at radius 1 is 0.793 bits per heavy atom. The molecule has 9 rings (SSSR count). The fourth-order valence-electron chi connectivity index (χ4n) is 8.45. The number of unbranched alkanes of at least 4 members (excludes halogenated alkanes) is 1. The van der Waals surface area contributed by atoms with E-state index in [2.05, 4.69) is 67.9 Å². The summed E-state index contributed by atoms with van der Waals surface area (Å²) in [6, 6.07) is 22.7. The quantitative estimate of drug-likeness (QED) is 0.0798. The van der Waals surface area contributed by atoms with Crippen LogP contribution in [0.3, 0.4) is 0 Å². The molecule has 58 heavy (non-hydrogen) atoms. The fraction of sp³-hybridized carbons (Fsp3) is 0.295. The number of hydrogen-bond donors (Lipinski definition) is 2. The number of piperazine rings is 1. The molecule has 3 aliphatic heterocycles. The Morgan fingerprint density at radius 2 is 1.59 bits per heavy atom. The Balaban J connectivity index is 0.782. The van der Waals surface area contributed by atoms with Crippen LogP contribution in [0.15, 0.2) is 96.5 Å². The third-order valence-corrected chi connectivity index (χ3v) is 11.6. The minimum Gasteiger partial charge on any atom is -0.493 e. The molecule has 2 N–H and O–H groups in total. The number of aromatic nitrogens is 3. The monoisotopic (exact) mass is 778 g/mol. The highest BCUT2D eigenvalue weighted by Crippen LogP contribution is 2.36. The van der Waals surface area contributed by atoms with Crippen LogP contribution in [0, 0.1) is 0 Å². The van der Waals surface area contributed by atoms with E-state index >= 15 is 0 Å². The third kappa shape index (κ3) is 7.00. The van der Waals surface area contributed by atoms with Crippen molar-refractivity contribution in [3.8, 4) is 33.8 Å². The summed E-state index contributed by atoms with van der Waals surface area (Å²) in [4.78, 5) is 60.6. The van der Waals surface area contributed by atoms with Gasteiger partial charge in [-0.25, -0.2) is 4.68 Å². The summed E-state index contributed by atoms with van der Waals surface area (Å²) in [5.74, 6) is -1.82. The molecule has 3 aromatic carbocycles.